The van der Waals surface area contributed by atoms with E-state index in [1.54, 1.807) is 6.07 Å². The molecule has 1 N–H and O–H groups in total. The van der Waals surface area contributed by atoms with E-state index in [-0.39, 0.29) is 12.6 Å². The number of hydrogen-bond acceptors (Lipinski definition) is 3. The van der Waals surface area contributed by atoms with Crippen molar-refractivity contribution in [2.24, 2.45) is 0 Å². The van der Waals surface area contributed by atoms with E-state index >= 15 is 0 Å². The third-order valence-corrected chi connectivity index (χ3v) is 3.51. The molecule has 3 nitrogen and oxygen atoms in total. The van der Waals surface area contributed by atoms with Crippen molar-refractivity contribution in [3.05, 3.63) is 29.6 Å². The van der Waals surface area contributed by atoms with Crippen LogP contribution in [0.5, 0.6) is 0 Å². The van der Waals surface area contributed by atoms with Crippen molar-refractivity contribution in [1.29, 1.82) is 0 Å². The van der Waals surface area contributed by atoms with Crippen LogP contribution in [0.1, 0.15) is 36.0 Å². The van der Waals surface area contributed by atoms with Gasteiger partial charge in [-0.15, -0.1) is 0 Å². The topological polar surface area (TPSA) is 40.5 Å². The molecule has 1 aliphatic rings. The summed E-state index contributed by atoms with van der Waals surface area (Å²) in [6, 6.07) is 4.27. The van der Waals surface area contributed by atoms with Gasteiger partial charge in [0.15, 0.2) is 6.29 Å². The minimum absolute atomic E-state index is 0.0247. The van der Waals surface area contributed by atoms with Crippen LogP contribution in [0.15, 0.2) is 18.2 Å². The van der Waals surface area contributed by atoms with Gasteiger partial charge in [-0.3, -0.25) is 4.79 Å². The zero-order valence-corrected chi connectivity index (χ0v) is 10.3. The van der Waals surface area contributed by atoms with Crippen LogP contribution in [0.4, 0.5) is 10.1 Å². The standard InChI is InChI=1S/C14H18FNO2/c15-12-5-6-14(11(8-12)9-17)16-7-3-1-2-4-13(16)10-18/h5-6,8-9,13,18H,1-4,7,10H2. The number of rotatable bonds is 3. The van der Waals surface area contributed by atoms with Crippen LogP contribution < -0.4 is 4.90 Å². The van der Waals surface area contributed by atoms with E-state index in [9.17, 15) is 14.3 Å². The third-order valence-electron chi connectivity index (χ3n) is 3.51. The molecule has 0 amide bonds. The molecule has 4 heteroatoms. The van der Waals surface area contributed by atoms with E-state index in [2.05, 4.69) is 0 Å². The van der Waals surface area contributed by atoms with Crippen LogP contribution in [0.2, 0.25) is 0 Å². The first-order valence-electron chi connectivity index (χ1n) is 6.38. The van der Waals surface area contributed by atoms with Gasteiger partial charge in [0.05, 0.1) is 12.6 Å². The molecule has 1 saturated heterocycles. The summed E-state index contributed by atoms with van der Waals surface area (Å²) in [6.07, 6.45) is 4.83. The van der Waals surface area contributed by atoms with E-state index in [1.807, 2.05) is 4.90 Å². The second-order valence-electron chi connectivity index (χ2n) is 4.70. The Hall–Kier alpha value is -1.42. The number of benzene rings is 1. The summed E-state index contributed by atoms with van der Waals surface area (Å²) >= 11 is 0. The van der Waals surface area contributed by atoms with Crippen molar-refractivity contribution in [3.63, 3.8) is 0 Å². The van der Waals surface area contributed by atoms with Gasteiger partial charge >= 0.3 is 0 Å². The van der Waals surface area contributed by atoms with Gasteiger partial charge in [0.2, 0.25) is 0 Å². The lowest BCUT2D eigenvalue weighted by Crippen LogP contribution is -2.38. The quantitative estimate of drug-likeness (QED) is 0.838. The molecule has 2 rings (SSSR count). The Kier molecular flexibility index (Phi) is 4.31. The molecule has 1 aliphatic heterocycles. The summed E-state index contributed by atoms with van der Waals surface area (Å²) in [4.78, 5) is 13.1. The van der Waals surface area contributed by atoms with Crippen molar-refractivity contribution in [2.45, 2.75) is 31.7 Å². The van der Waals surface area contributed by atoms with E-state index in [0.717, 1.165) is 37.9 Å². The lowest BCUT2D eigenvalue weighted by molar-refractivity contribution is 0.112. The fourth-order valence-corrected chi connectivity index (χ4v) is 2.57. The molecule has 0 saturated carbocycles. The monoisotopic (exact) mass is 251 g/mol. The first-order valence-corrected chi connectivity index (χ1v) is 6.38. The predicted molar refractivity (Wildman–Crippen MR) is 68.5 cm³/mol. The van der Waals surface area contributed by atoms with Crippen LogP contribution >= 0.6 is 0 Å². The Morgan fingerprint density at radius 3 is 2.94 bits per heavy atom. The second kappa shape index (κ2) is 5.96. The highest BCUT2D eigenvalue weighted by molar-refractivity contribution is 5.84. The highest BCUT2D eigenvalue weighted by Crippen LogP contribution is 2.27. The Bertz CT molecular complexity index is 422. The first kappa shape index (κ1) is 13.0. The van der Waals surface area contributed by atoms with Crippen LogP contribution in [0.25, 0.3) is 0 Å². The highest BCUT2D eigenvalue weighted by Gasteiger charge is 2.22. The van der Waals surface area contributed by atoms with E-state index < -0.39 is 5.82 Å². The summed E-state index contributed by atoms with van der Waals surface area (Å²) in [5.41, 5.74) is 1.09. The minimum atomic E-state index is -0.406. The molecule has 1 aromatic rings. The lowest BCUT2D eigenvalue weighted by atomic mass is 10.1. The fourth-order valence-electron chi connectivity index (χ4n) is 2.57. The smallest absolute Gasteiger partial charge is 0.152 e. The maximum atomic E-state index is 13.1. The first-order chi connectivity index (χ1) is 8.76. The van der Waals surface area contributed by atoms with Crippen molar-refractivity contribution in [2.75, 3.05) is 18.1 Å². The normalized spacial score (nSPS) is 20.6. The maximum Gasteiger partial charge on any atom is 0.152 e. The van der Waals surface area contributed by atoms with Crippen LogP contribution in [0.3, 0.4) is 0 Å². The molecular formula is C14H18FNO2. The summed E-state index contributed by atoms with van der Waals surface area (Å²) in [7, 11) is 0. The van der Waals surface area contributed by atoms with E-state index in [0.29, 0.717) is 11.8 Å². The van der Waals surface area contributed by atoms with Gasteiger partial charge in [0, 0.05) is 17.8 Å². The Morgan fingerprint density at radius 2 is 2.22 bits per heavy atom. The van der Waals surface area contributed by atoms with Crippen molar-refractivity contribution in [3.8, 4) is 0 Å². The predicted octanol–water partition coefficient (Wildman–Crippen LogP) is 2.38. The van der Waals surface area contributed by atoms with Crippen molar-refractivity contribution in [1.82, 2.24) is 0 Å². The zero-order valence-electron chi connectivity index (χ0n) is 10.3. The number of aliphatic hydroxyl groups excluding tert-OH is 1. The lowest BCUT2D eigenvalue weighted by Gasteiger charge is -2.31. The van der Waals surface area contributed by atoms with Crippen LogP contribution in [0, 0.1) is 5.82 Å². The van der Waals surface area contributed by atoms with Gasteiger partial charge in [-0.2, -0.15) is 0 Å². The highest BCUT2D eigenvalue weighted by atomic mass is 19.1. The van der Waals surface area contributed by atoms with Crippen LogP contribution in [-0.4, -0.2) is 30.6 Å². The van der Waals surface area contributed by atoms with Gasteiger partial charge in [-0.25, -0.2) is 4.39 Å². The Labute approximate surface area is 106 Å². The van der Waals surface area contributed by atoms with Crippen molar-refractivity contribution < 1.29 is 14.3 Å². The zero-order chi connectivity index (χ0) is 13.0. The van der Waals surface area contributed by atoms with Gasteiger partial charge in [-0.05, 0) is 31.0 Å². The van der Waals surface area contributed by atoms with Crippen LogP contribution in [-0.2, 0) is 0 Å². The minimum Gasteiger partial charge on any atom is -0.394 e. The number of aldehydes is 1. The Balaban J connectivity index is 2.35. The molecule has 0 aliphatic carbocycles. The van der Waals surface area contributed by atoms with E-state index in [4.69, 9.17) is 0 Å². The average molecular weight is 251 g/mol. The number of aliphatic hydroxyl groups is 1. The summed E-state index contributed by atoms with van der Waals surface area (Å²) in [5, 5.41) is 9.46. The molecule has 98 valence electrons. The SMILES string of the molecule is O=Cc1cc(F)ccc1N1CCCCCC1CO. The van der Waals surface area contributed by atoms with Gasteiger partial charge in [0.25, 0.3) is 0 Å². The molecular weight excluding hydrogens is 233 g/mol. The molecule has 1 aromatic carbocycles. The maximum absolute atomic E-state index is 13.1. The Morgan fingerprint density at radius 1 is 1.39 bits per heavy atom. The largest absolute Gasteiger partial charge is 0.394 e. The molecule has 0 spiro atoms. The molecule has 1 atom stereocenters. The molecule has 1 unspecified atom stereocenters. The number of carbonyl (C=O) groups excluding carboxylic acids is 1. The molecule has 1 heterocycles. The number of anilines is 1. The molecule has 18 heavy (non-hydrogen) atoms. The van der Waals surface area contributed by atoms with E-state index in [1.165, 1.54) is 12.1 Å². The molecule has 0 aromatic heterocycles. The number of halogens is 1. The number of hydrogen-bond donors (Lipinski definition) is 1. The van der Waals surface area contributed by atoms with Crippen molar-refractivity contribution >= 4 is 12.0 Å². The molecule has 0 bridgehead atoms. The fraction of sp³-hybridized carbons (Fsp3) is 0.500. The molecule has 1 fully saturated rings. The average Bonchev–Trinajstić information content (AvgIpc) is 2.63. The summed E-state index contributed by atoms with van der Waals surface area (Å²) < 4.78 is 13.1. The van der Waals surface area contributed by atoms with Gasteiger partial charge in [0.1, 0.15) is 5.82 Å². The number of nitrogens with zero attached hydrogens (tertiary/aromatic N) is 1. The molecule has 0 radical (unpaired) electrons. The summed E-state index contributed by atoms with van der Waals surface area (Å²) in [5.74, 6) is -0.406. The van der Waals surface area contributed by atoms with Gasteiger partial charge in [-0.1, -0.05) is 12.8 Å². The number of carbonyl (C=O) groups is 1. The third kappa shape index (κ3) is 2.70. The summed E-state index contributed by atoms with van der Waals surface area (Å²) in [6.45, 7) is 0.868. The van der Waals surface area contributed by atoms with Gasteiger partial charge < -0.3 is 10.0 Å². The second-order valence-corrected chi connectivity index (χ2v) is 4.70.